The van der Waals surface area contributed by atoms with Gasteiger partial charge in [-0.05, 0) is 42.8 Å². The molecule has 0 aliphatic heterocycles. The van der Waals surface area contributed by atoms with Crippen molar-refractivity contribution in [3.8, 4) is 5.75 Å². The molecule has 0 heterocycles. The van der Waals surface area contributed by atoms with Crippen LogP contribution in [0.25, 0.3) is 0 Å². The fraction of sp³-hybridized carbons (Fsp3) is 0.200. The summed E-state index contributed by atoms with van der Waals surface area (Å²) in [6, 6.07) is 8.46. The third kappa shape index (κ3) is 3.03. The lowest BCUT2D eigenvalue weighted by Gasteiger charge is -2.22. The zero-order valence-electron chi connectivity index (χ0n) is 12.3. The van der Waals surface area contributed by atoms with Crippen molar-refractivity contribution in [2.45, 2.75) is 11.8 Å². The lowest BCUT2D eigenvalue weighted by atomic mass is 10.2. The molecule has 0 amide bonds. The molecule has 7 heteroatoms. The molecule has 4 nitrogen and oxygen atoms in total. The van der Waals surface area contributed by atoms with Crippen molar-refractivity contribution in [3.63, 3.8) is 0 Å². The van der Waals surface area contributed by atoms with E-state index >= 15 is 0 Å². The zero-order chi connectivity index (χ0) is 16.5. The van der Waals surface area contributed by atoms with E-state index in [0.717, 1.165) is 15.9 Å². The average molecular weight is 344 g/mol. The zero-order valence-corrected chi connectivity index (χ0v) is 13.9. The lowest BCUT2D eigenvalue weighted by molar-refractivity contribution is 0.385. The minimum atomic E-state index is -3.90. The molecular weight excluding hydrogens is 329 g/mol. The first-order valence-corrected chi connectivity index (χ1v) is 8.18. The fourth-order valence-electron chi connectivity index (χ4n) is 2.02. The topological polar surface area (TPSA) is 46.6 Å². The van der Waals surface area contributed by atoms with Crippen LogP contribution in [0.4, 0.5) is 10.1 Å². The van der Waals surface area contributed by atoms with E-state index in [1.807, 2.05) is 0 Å². The summed E-state index contributed by atoms with van der Waals surface area (Å²) in [6.07, 6.45) is 0. The number of methoxy groups -OCH3 is 1. The van der Waals surface area contributed by atoms with E-state index in [2.05, 4.69) is 0 Å². The maximum atomic E-state index is 13.8. The van der Waals surface area contributed by atoms with Crippen LogP contribution in [0.5, 0.6) is 5.75 Å². The number of halogens is 2. The van der Waals surface area contributed by atoms with E-state index in [1.165, 1.54) is 26.3 Å². The van der Waals surface area contributed by atoms with E-state index in [1.54, 1.807) is 25.1 Å². The number of anilines is 1. The minimum Gasteiger partial charge on any atom is -0.494 e. The van der Waals surface area contributed by atoms with Crippen LogP contribution in [-0.4, -0.2) is 22.6 Å². The summed E-state index contributed by atoms with van der Waals surface area (Å²) < 4.78 is 44.9. The summed E-state index contributed by atoms with van der Waals surface area (Å²) in [5.41, 5.74) is 1.17. The number of sulfonamides is 1. The van der Waals surface area contributed by atoms with Crippen molar-refractivity contribution in [3.05, 3.63) is 52.8 Å². The molecule has 22 heavy (non-hydrogen) atoms. The van der Waals surface area contributed by atoms with Gasteiger partial charge in [-0.15, -0.1) is 0 Å². The summed E-state index contributed by atoms with van der Waals surface area (Å²) in [5, 5.41) is 0.420. The SMILES string of the molecule is COc1ccc(S(=O)(=O)N(C)c2cc(Cl)ccc2C)cc1F. The van der Waals surface area contributed by atoms with Crippen LogP contribution >= 0.6 is 11.6 Å². The maximum Gasteiger partial charge on any atom is 0.264 e. The fourth-order valence-corrected chi connectivity index (χ4v) is 3.45. The van der Waals surface area contributed by atoms with Gasteiger partial charge in [-0.25, -0.2) is 12.8 Å². The normalized spacial score (nSPS) is 11.3. The average Bonchev–Trinajstić information content (AvgIpc) is 2.48. The number of hydrogen-bond donors (Lipinski definition) is 0. The maximum absolute atomic E-state index is 13.8. The van der Waals surface area contributed by atoms with Crippen molar-refractivity contribution >= 4 is 27.3 Å². The summed E-state index contributed by atoms with van der Waals surface area (Å²) >= 11 is 5.92. The number of rotatable bonds is 4. The van der Waals surface area contributed by atoms with E-state index in [4.69, 9.17) is 16.3 Å². The summed E-state index contributed by atoms with van der Waals surface area (Å²) in [7, 11) is -1.19. The van der Waals surface area contributed by atoms with Gasteiger partial charge in [0.2, 0.25) is 0 Å². The highest BCUT2D eigenvalue weighted by Gasteiger charge is 2.24. The van der Waals surface area contributed by atoms with E-state index in [9.17, 15) is 12.8 Å². The molecule has 118 valence electrons. The molecule has 0 saturated heterocycles. The highest BCUT2D eigenvalue weighted by Crippen LogP contribution is 2.29. The summed E-state index contributed by atoms with van der Waals surface area (Å²) in [6.45, 7) is 1.77. The van der Waals surface area contributed by atoms with Crippen molar-refractivity contribution in [2.75, 3.05) is 18.5 Å². The number of nitrogens with zero attached hydrogens (tertiary/aromatic N) is 1. The third-order valence-corrected chi connectivity index (χ3v) is 5.29. The molecule has 0 N–H and O–H groups in total. The molecule has 0 radical (unpaired) electrons. The molecule has 0 aromatic heterocycles. The van der Waals surface area contributed by atoms with Gasteiger partial charge in [-0.1, -0.05) is 17.7 Å². The van der Waals surface area contributed by atoms with Gasteiger partial charge >= 0.3 is 0 Å². The van der Waals surface area contributed by atoms with Crippen LogP contribution in [0.1, 0.15) is 5.56 Å². The summed E-state index contributed by atoms with van der Waals surface area (Å²) in [4.78, 5) is -0.160. The van der Waals surface area contributed by atoms with Crippen molar-refractivity contribution in [2.24, 2.45) is 0 Å². The van der Waals surface area contributed by atoms with Gasteiger partial charge < -0.3 is 4.74 Å². The Morgan fingerprint density at radius 2 is 1.86 bits per heavy atom. The number of benzene rings is 2. The Kier molecular flexibility index (Phi) is 4.63. The van der Waals surface area contributed by atoms with Crippen molar-refractivity contribution in [1.29, 1.82) is 0 Å². The van der Waals surface area contributed by atoms with Gasteiger partial charge in [-0.2, -0.15) is 0 Å². The Morgan fingerprint density at radius 3 is 2.45 bits per heavy atom. The Morgan fingerprint density at radius 1 is 1.18 bits per heavy atom. The Labute approximate surface area is 134 Å². The van der Waals surface area contributed by atoms with E-state index in [-0.39, 0.29) is 10.6 Å². The molecule has 0 atom stereocenters. The van der Waals surface area contributed by atoms with Gasteiger partial charge in [0.1, 0.15) is 0 Å². The van der Waals surface area contributed by atoms with Crippen LogP contribution in [0, 0.1) is 12.7 Å². The quantitative estimate of drug-likeness (QED) is 0.851. The van der Waals surface area contributed by atoms with Crippen LogP contribution in [-0.2, 0) is 10.0 Å². The van der Waals surface area contributed by atoms with Crippen LogP contribution < -0.4 is 9.04 Å². The number of hydrogen-bond acceptors (Lipinski definition) is 3. The minimum absolute atomic E-state index is 0.0134. The van der Waals surface area contributed by atoms with Crippen LogP contribution in [0.2, 0.25) is 5.02 Å². The smallest absolute Gasteiger partial charge is 0.264 e. The first kappa shape index (κ1) is 16.6. The largest absolute Gasteiger partial charge is 0.494 e. The van der Waals surface area contributed by atoms with Gasteiger partial charge in [0.15, 0.2) is 11.6 Å². The molecule has 2 aromatic rings. The molecule has 0 spiro atoms. The second-order valence-corrected chi connectivity index (χ2v) is 7.11. The first-order valence-electron chi connectivity index (χ1n) is 6.36. The predicted molar refractivity (Wildman–Crippen MR) is 84.7 cm³/mol. The molecule has 2 aromatic carbocycles. The Hall–Kier alpha value is -1.79. The van der Waals surface area contributed by atoms with Crippen molar-refractivity contribution < 1.29 is 17.5 Å². The predicted octanol–water partition coefficient (Wildman–Crippen LogP) is 3.62. The van der Waals surface area contributed by atoms with Crippen LogP contribution in [0.3, 0.4) is 0 Å². The molecule has 0 aliphatic rings. The van der Waals surface area contributed by atoms with E-state index < -0.39 is 15.8 Å². The van der Waals surface area contributed by atoms with Crippen molar-refractivity contribution in [1.82, 2.24) is 0 Å². The molecule has 2 rings (SSSR count). The first-order chi connectivity index (χ1) is 10.3. The summed E-state index contributed by atoms with van der Waals surface area (Å²) in [5.74, 6) is -0.750. The standard InChI is InChI=1S/C15H15ClFNO3S/c1-10-4-5-11(16)8-14(10)18(2)22(19,20)12-6-7-15(21-3)13(17)9-12/h4-9H,1-3H3. The highest BCUT2D eigenvalue weighted by atomic mass is 35.5. The third-order valence-electron chi connectivity index (χ3n) is 3.29. The second-order valence-electron chi connectivity index (χ2n) is 4.70. The second kappa shape index (κ2) is 6.14. The molecule has 0 saturated carbocycles. The lowest BCUT2D eigenvalue weighted by Crippen LogP contribution is -2.27. The molecule has 0 aliphatic carbocycles. The molecule has 0 unspecified atom stereocenters. The number of ether oxygens (including phenoxy) is 1. The Bertz CT molecular complexity index is 808. The van der Waals surface area contributed by atoms with Gasteiger partial charge in [0, 0.05) is 12.1 Å². The molecule has 0 bridgehead atoms. The molecular formula is C15H15ClFNO3S. The van der Waals surface area contributed by atoms with Gasteiger partial charge in [0.25, 0.3) is 10.0 Å². The Balaban J connectivity index is 2.49. The highest BCUT2D eigenvalue weighted by molar-refractivity contribution is 7.92. The van der Waals surface area contributed by atoms with Gasteiger partial charge in [-0.3, -0.25) is 4.31 Å². The monoisotopic (exact) mass is 343 g/mol. The van der Waals surface area contributed by atoms with Crippen LogP contribution in [0.15, 0.2) is 41.3 Å². The van der Waals surface area contributed by atoms with E-state index in [0.29, 0.717) is 10.7 Å². The van der Waals surface area contributed by atoms with Gasteiger partial charge in [0.05, 0.1) is 17.7 Å². The number of aryl methyl sites for hydroxylation is 1. The molecule has 0 fully saturated rings.